The number of hydrogen-bond acceptors (Lipinski definition) is 1. The van der Waals surface area contributed by atoms with Crippen LogP contribution in [0.25, 0.3) is 0 Å². The van der Waals surface area contributed by atoms with Crippen molar-refractivity contribution in [1.29, 1.82) is 0 Å². The maximum atomic E-state index is 6.85. The first-order valence-electron chi connectivity index (χ1n) is 9.36. The van der Waals surface area contributed by atoms with Gasteiger partial charge in [0.05, 0.1) is 11.2 Å². The van der Waals surface area contributed by atoms with E-state index in [9.17, 15) is 0 Å². The first-order chi connectivity index (χ1) is 9.66. The van der Waals surface area contributed by atoms with Crippen LogP contribution >= 0.6 is 0 Å². The van der Waals surface area contributed by atoms with Crippen molar-refractivity contribution in [2.24, 2.45) is 11.8 Å². The minimum Gasteiger partial charge on any atom is -0.369 e. The van der Waals surface area contributed by atoms with Gasteiger partial charge in [0.2, 0.25) is 0 Å². The third kappa shape index (κ3) is 9.55. The van der Waals surface area contributed by atoms with Crippen LogP contribution in [0.2, 0.25) is 0 Å². The Balaban J connectivity index is 4.99. The van der Waals surface area contributed by atoms with E-state index in [4.69, 9.17) is 4.74 Å². The van der Waals surface area contributed by atoms with Crippen molar-refractivity contribution < 1.29 is 4.74 Å². The van der Waals surface area contributed by atoms with Gasteiger partial charge in [-0.3, -0.25) is 0 Å². The molecule has 2 unspecified atom stereocenters. The van der Waals surface area contributed by atoms with Crippen LogP contribution in [0.4, 0.5) is 0 Å². The second-order valence-electron chi connectivity index (χ2n) is 8.40. The lowest BCUT2D eigenvalue weighted by molar-refractivity contribution is -0.163. The molecule has 0 amide bonds. The lowest BCUT2D eigenvalue weighted by atomic mass is 9.84. The van der Waals surface area contributed by atoms with Crippen LogP contribution in [0.1, 0.15) is 107 Å². The molecule has 0 spiro atoms. The van der Waals surface area contributed by atoms with E-state index in [2.05, 4.69) is 55.4 Å². The Hall–Kier alpha value is -0.0400. The molecule has 128 valence electrons. The SMILES string of the molecule is CCCCC(C)(CC(C)C)OC(C)(CCCC)CC(C)C. The zero-order valence-electron chi connectivity index (χ0n) is 16.2. The van der Waals surface area contributed by atoms with E-state index in [0.717, 1.165) is 0 Å². The van der Waals surface area contributed by atoms with Gasteiger partial charge in [-0.25, -0.2) is 0 Å². The molecule has 0 aliphatic rings. The molecule has 2 atom stereocenters. The second kappa shape index (κ2) is 9.87. The van der Waals surface area contributed by atoms with E-state index in [1.165, 1.54) is 51.4 Å². The Bertz CT molecular complexity index is 233. The Morgan fingerprint density at radius 2 is 1.05 bits per heavy atom. The predicted octanol–water partition coefficient (Wildman–Crippen LogP) is 6.99. The van der Waals surface area contributed by atoms with Gasteiger partial charge < -0.3 is 4.74 Å². The van der Waals surface area contributed by atoms with E-state index >= 15 is 0 Å². The van der Waals surface area contributed by atoms with Crippen molar-refractivity contribution in [1.82, 2.24) is 0 Å². The highest BCUT2D eigenvalue weighted by molar-refractivity contribution is 4.85. The topological polar surface area (TPSA) is 9.23 Å². The van der Waals surface area contributed by atoms with Gasteiger partial charge in [0.25, 0.3) is 0 Å². The van der Waals surface area contributed by atoms with Crippen molar-refractivity contribution in [2.75, 3.05) is 0 Å². The molecule has 0 rings (SSSR count). The Kier molecular flexibility index (Phi) is 9.85. The zero-order valence-corrected chi connectivity index (χ0v) is 16.2. The van der Waals surface area contributed by atoms with Gasteiger partial charge in [-0.2, -0.15) is 0 Å². The minimum absolute atomic E-state index is 0.0432. The van der Waals surface area contributed by atoms with Crippen LogP contribution in [0.3, 0.4) is 0 Å². The van der Waals surface area contributed by atoms with Gasteiger partial charge in [-0.15, -0.1) is 0 Å². The fraction of sp³-hybridized carbons (Fsp3) is 1.00. The molecule has 0 bridgehead atoms. The Labute approximate surface area is 135 Å². The third-order valence-electron chi connectivity index (χ3n) is 4.29. The van der Waals surface area contributed by atoms with Crippen LogP contribution in [0.15, 0.2) is 0 Å². The first kappa shape index (κ1) is 21.0. The smallest absolute Gasteiger partial charge is 0.0664 e. The number of rotatable bonds is 12. The fourth-order valence-corrected chi connectivity index (χ4v) is 3.81. The highest BCUT2D eigenvalue weighted by Gasteiger charge is 2.36. The third-order valence-corrected chi connectivity index (χ3v) is 4.29. The fourth-order valence-electron chi connectivity index (χ4n) is 3.81. The van der Waals surface area contributed by atoms with Gasteiger partial charge in [-0.05, 0) is 51.4 Å². The maximum Gasteiger partial charge on any atom is 0.0664 e. The highest BCUT2D eigenvalue weighted by atomic mass is 16.5. The van der Waals surface area contributed by atoms with Gasteiger partial charge in [0, 0.05) is 0 Å². The monoisotopic (exact) mass is 298 g/mol. The standard InChI is InChI=1S/C20H42O/c1-9-11-13-19(7,15-17(3)4)21-20(8,14-12-10-2)16-18(5)6/h17-18H,9-16H2,1-8H3. The van der Waals surface area contributed by atoms with Crippen molar-refractivity contribution in [3.8, 4) is 0 Å². The molecule has 0 aromatic carbocycles. The molecular formula is C20H42O. The largest absolute Gasteiger partial charge is 0.369 e. The molecule has 0 heterocycles. The molecule has 0 saturated heterocycles. The Morgan fingerprint density at radius 1 is 0.714 bits per heavy atom. The maximum absolute atomic E-state index is 6.85. The summed E-state index contributed by atoms with van der Waals surface area (Å²) in [5.41, 5.74) is 0.0864. The molecule has 0 aromatic rings. The van der Waals surface area contributed by atoms with E-state index in [1.54, 1.807) is 0 Å². The van der Waals surface area contributed by atoms with Gasteiger partial charge in [0.1, 0.15) is 0 Å². The number of hydrogen-bond donors (Lipinski definition) is 0. The lowest BCUT2D eigenvalue weighted by Crippen LogP contribution is -2.43. The van der Waals surface area contributed by atoms with Crippen molar-refractivity contribution >= 4 is 0 Å². The summed E-state index contributed by atoms with van der Waals surface area (Å²) >= 11 is 0. The molecule has 0 saturated carbocycles. The average molecular weight is 299 g/mol. The summed E-state index contributed by atoms with van der Waals surface area (Å²) in [4.78, 5) is 0. The van der Waals surface area contributed by atoms with E-state index in [-0.39, 0.29) is 11.2 Å². The normalized spacial score (nSPS) is 18.0. The summed E-state index contributed by atoms with van der Waals surface area (Å²) in [6.45, 7) is 18.5. The molecule has 0 aromatic heterocycles. The summed E-state index contributed by atoms with van der Waals surface area (Å²) in [6.07, 6.45) is 9.80. The molecular weight excluding hydrogens is 256 g/mol. The highest BCUT2D eigenvalue weighted by Crippen LogP contribution is 2.37. The number of ether oxygens (including phenoxy) is 1. The van der Waals surface area contributed by atoms with Crippen molar-refractivity contribution in [3.63, 3.8) is 0 Å². The van der Waals surface area contributed by atoms with Crippen molar-refractivity contribution in [3.05, 3.63) is 0 Å². The molecule has 0 N–H and O–H groups in total. The van der Waals surface area contributed by atoms with Crippen LogP contribution in [0.5, 0.6) is 0 Å². The quantitative estimate of drug-likeness (QED) is 0.377. The molecule has 1 heteroatoms. The summed E-state index contributed by atoms with van der Waals surface area (Å²) in [5.74, 6) is 1.39. The van der Waals surface area contributed by atoms with Gasteiger partial charge >= 0.3 is 0 Å². The van der Waals surface area contributed by atoms with Crippen LogP contribution in [-0.4, -0.2) is 11.2 Å². The van der Waals surface area contributed by atoms with Crippen LogP contribution in [0, 0.1) is 11.8 Å². The van der Waals surface area contributed by atoms with Gasteiger partial charge in [-0.1, -0.05) is 67.2 Å². The van der Waals surface area contributed by atoms with Gasteiger partial charge in [0.15, 0.2) is 0 Å². The second-order valence-corrected chi connectivity index (χ2v) is 8.40. The van der Waals surface area contributed by atoms with E-state index in [1.807, 2.05) is 0 Å². The Morgan fingerprint density at radius 3 is 1.29 bits per heavy atom. The van der Waals surface area contributed by atoms with Crippen molar-refractivity contribution in [2.45, 2.75) is 118 Å². The zero-order chi connectivity index (χ0) is 16.5. The van der Waals surface area contributed by atoms with E-state index < -0.39 is 0 Å². The van der Waals surface area contributed by atoms with Crippen LogP contribution < -0.4 is 0 Å². The molecule has 0 aliphatic carbocycles. The average Bonchev–Trinajstić information content (AvgIpc) is 2.31. The minimum atomic E-state index is 0.0432. The van der Waals surface area contributed by atoms with Crippen LogP contribution in [-0.2, 0) is 4.74 Å². The summed E-state index contributed by atoms with van der Waals surface area (Å²) in [5, 5.41) is 0. The molecule has 21 heavy (non-hydrogen) atoms. The molecule has 0 fully saturated rings. The first-order valence-corrected chi connectivity index (χ1v) is 9.36. The van der Waals surface area contributed by atoms with E-state index in [0.29, 0.717) is 11.8 Å². The summed E-state index contributed by atoms with van der Waals surface area (Å²) in [7, 11) is 0. The molecule has 0 radical (unpaired) electrons. The predicted molar refractivity (Wildman–Crippen MR) is 95.9 cm³/mol. The molecule has 1 nitrogen and oxygen atoms in total. The summed E-state index contributed by atoms with van der Waals surface area (Å²) < 4.78 is 6.85. The lowest BCUT2D eigenvalue weighted by Gasteiger charge is -2.43. The number of unbranched alkanes of at least 4 members (excludes halogenated alkanes) is 2. The molecule has 0 aliphatic heterocycles. The summed E-state index contributed by atoms with van der Waals surface area (Å²) in [6, 6.07) is 0.